The van der Waals surface area contributed by atoms with Crippen LogP contribution in [0.25, 0.3) is 0 Å². The summed E-state index contributed by atoms with van der Waals surface area (Å²) in [6, 6.07) is 6.38. The Balaban J connectivity index is 1.41. The predicted octanol–water partition coefficient (Wildman–Crippen LogP) is 1.38. The lowest BCUT2D eigenvalue weighted by Gasteiger charge is -2.16. The van der Waals surface area contributed by atoms with Gasteiger partial charge in [0.2, 0.25) is 11.8 Å². The maximum atomic E-state index is 12.2. The number of anilines is 1. The first-order chi connectivity index (χ1) is 12.0. The number of nitrogens with zero attached hydrogens (tertiary/aromatic N) is 2. The Labute approximate surface area is 145 Å². The fourth-order valence-corrected chi connectivity index (χ4v) is 3.05. The molecule has 8 nitrogen and oxygen atoms in total. The first-order valence-electron chi connectivity index (χ1n) is 8.57. The number of amides is 2. The number of nitrogens with one attached hydrogen (secondary N) is 2. The van der Waals surface area contributed by atoms with Crippen LogP contribution in [0, 0.1) is 22.0 Å². The van der Waals surface area contributed by atoms with Gasteiger partial charge in [0.15, 0.2) is 0 Å². The summed E-state index contributed by atoms with van der Waals surface area (Å²) in [6.45, 7) is 2.00. The van der Waals surface area contributed by atoms with Crippen LogP contribution < -0.4 is 10.6 Å². The van der Waals surface area contributed by atoms with Gasteiger partial charge in [0.05, 0.1) is 10.8 Å². The van der Waals surface area contributed by atoms with Gasteiger partial charge in [0.1, 0.15) is 5.69 Å². The van der Waals surface area contributed by atoms with Crippen LogP contribution in [0.1, 0.15) is 19.3 Å². The number of hydrogen-bond donors (Lipinski definition) is 2. The zero-order chi connectivity index (χ0) is 17.8. The molecular weight excluding hydrogens is 324 g/mol. The minimum atomic E-state index is -0.445. The molecular formula is C17H22N4O4. The quantitative estimate of drug-likeness (QED) is 0.420. The van der Waals surface area contributed by atoms with Crippen LogP contribution in [-0.2, 0) is 9.59 Å². The topological polar surface area (TPSA) is 105 Å². The number of rotatable bonds is 8. The van der Waals surface area contributed by atoms with Gasteiger partial charge in [-0.2, -0.15) is 0 Å². The lowest BCUT2D eigenvalue weighted by molar-refractivity contribution is -0.384. The first-order valence-corrected chi connectivity index (χ1v) is 8.57. The van der Waals surface area contributed by atoms with Crippen LogP contribution in [0.2, 0.25) is 0 Å². The second-order valence-corrected chi connectivity index (χ2v) is 6.64. The van der Waals surface area contributed by atoms with Gasteiger partial charge in [-0.05, 0) is 24.8 Å². The van der Waals surface area contributed by atoms with Crippen molar-refractivity contribution in [1.82, 2.24) is 10.2 Å². The number of benzene rings is 1. The second kappa shape index (κ2) is 7.50. The van der Waals surface area contributed by atoms with Crippen molar-refractivity contribution in [2.45, 2.75) is 19.3 Å². The van der Waals surface area contributed by atoms with Crippen molar-refractivity contribution in [3.8, 4) is 0 Å². The van der Waals surface area contributed by atoms with Crippen molar-refractivity contribution in [3.63, 3.8) is 0 Å². The molecule has 1 aliphatic heterocycles. The van der Waals surface area contributed by atoms with Crippen LogP contribution in [-0.4, -0.2) is 47.8 Å². The maximum absolute atomic E-state index is 12.2. The molecule has 0 bridgehead atoms. The summed E-state index contributed by atoms with van der Waals surface area (Å²) in [4.78, 5) is 36.4. The van der Waals surface area contributed by atoms with E-state index in [4.69, 9.17) is 0 Å². The van der Waals surface area contributed by atoms with Gasteiger partial charge in [0, 0.05) is 38.7 Å². The van der Waals surface area contributed by atoms with Gasteiger partial charge in [-0.1, -0.05) is 12.1 Å². The zero-order valence-electron chi connectivity index (χ0n) is 13.9. The molecule has 0 radical (unpaired) electrons. The molecule has 0 unspecified atom stereocenters. The normalized spacial score (nSPS) is 19.8. The van der Waals surface area contributed by atoms with Crippen molar-refractivity contribution in [3.05, 3.63) is 34.4 Å². The third-order valence-electron chi connectivity index (χ3n) is 4.60. The van der Waals surface area contributed by atoms with Crippen molar-refractivity contribution < 1.29 is 14.5 Å². The van der Waals surface area contributed by atoms with E-state index in [-0.39, 0.29) is 29.8 Å². The molecule has 2 amide bonds. The highest BCUT2D eigenvalue weighted by Crippen LogP contribution is 2.32. The van der Waals surface area contributed by atoms with Gasteiger partial charge in [0.25, 0.3) is 5.69 Å². The third-order valence-corrected chi connectivity index (χ3v) is 4.60. The third kappa shape index (κ3) is 4.46. The van der Waals surface area contributed by atoms with Crippen LogP contribution in [0.15, 0.2) is 24.3 Å². The SMILES string of the molecule is O=C(NCCNc1ccccc1[N+](=O)[O-])[C@@H]1CC(=O)N(CC2CC2)C1. The molecule has 3 rings (SSSR count). The molecule has 1 heterocycles. The van der Waals surface area contributed by atoms with Crippen LogP contribution >= 0.6 is 0 Å². The fraction of sp³-hybridized carbons (Fsp3) is 0.529. The molecule has 2 N–H and O–H groups in total. The van der Waals surface area contributed by atoms with Crippen molar-refractivity contribution >= 4 is 23.2 Å². The summed E-state index contributed by atoms with van der Waals surface area (Å²) in [5.41, 5.74) is 0.430. The number of carbonyl (C=O) groups excluding carboxylic acids is 2. The molecule has 1 aliphatic carbocycles. The molecule has 0 aromatic heterocycles. The van der Waals surface area contributed by atoms with Crippen molar-refractivity contribution in [1.29, 1.82) is 0 Å². The van der Waals surface area contributed by atoms with Gasteiger partial charge in [-0.3, -0.25) is 19.7 Å². The summed E-state index contributed by atoms with van der Waals surface area (Å²) in [7, 11) is 0. The number of carbonyl (C=O) groups is 2. The molecule has 1 atom stereocenters. The molecule has 1 saturated carbocycles. The predicted molar refractivity (Wildman–Crippen MR) is 92.0 cm³/mol. The smallest absolute Gasteiger partial charge is 0.292 e. The van der Waals surface area contributed by atoms with E-state index in [9.17, 15) is 19.7 Å². The highest BCUT2D eigenvalue weighted by molar-refractivity contribution is 5.89. The lowest BCUT2D eigenvalue weighted by atomic mass is 10.1. The van der Waals surface area contributed by atoms with Crippen LogP contribution in [0.4, 0.5) is 11.4 Å². The van der Waals surface area contributed by atoms with E-state index in [0.717, 1.165) is 6.54 Å². The summed E-state index contributed by atoms with van der Waals surface area (Å²) in [5, 5.41) is 16.7. The minimum Gasteiger partial charge on any atom is -0.378 e. The number of nitro benzene ring substituents is 1. The minimum absolute atomic E-state index is 0.00549. The first kappa shape index (κ1) is 17.2. The summed E-state index contributed by atoms with van der Waals surface area (Å²) < 4.78 is 0. The average Bonchev–Trinajstić information content (AvgIpc) is 3.33. The summed E-state index contributed by atoms with van der Waals surface area (Å²) in [6.07, 6.45) is 2.63. The average molecular weight is 346 g/mol. The van der Waals surface area contributed by atoms with E-state index in [1.807, 2.05) is 0 Å². The van der Waals surface area contributed by atoms with Crippen molar-refractivity contribution in [2.75, 3.05) is 31.5 Å². The van der Waals surface area contributed by atoms with Gasteiger partial charge >= 0.3 is 0 Å². The number of hydrogen-bond acceptors (Lipinski definition) is 5. The van der Waals surface area contributed by atoms with E-state index in [1.54, 1.807) is 23.1 Å². The standard InChI is InChI=1S/C17H22N4O4/c22-16-9-13(11-20(16)10-12-5-6-12)17(23)19-8-7-18-14-3-1-2-4-15(14)21(24)25/h1-4,12-13,18H,5-11H2,(H,19,23)/t13-/m1/s1. The Morgan fingerprint density at radius 3 is 2.76 bits per heavy atom. The molecule has 8 heteroatoms. The van der Waals surface area contributed by atoms with Crippen LogP contribution in [0.3, 0.4) is 0 Å². The largest absolute Gasteiger partial charge is 0.378 e. The fourth-order valence-electron chi connectivity index (χ4n) is 3.05. The second-order valence-electron chi connectivity index (χ2n) is 6.64. The summed E-state index contributed by atoms with van der Waals surface area (Å²) >= 11 is 0. The zero-order valence-corrected chi connectivity index (χ0v) is 13.9. The molecule has 0 spiro atoms. The van der Waals surface area contributed by atoms with Crippen molar-refractivity contribution in [2.24, 2.45) is 11.8 Å². The Bertz CT molecular complexity index is 674. The lowest BCUT2D eigenvalue weighted by Crippen LogP contribution is -2.35. The van der Waals surface area contributed by atoms with Crippen LogP contribution in [0.5, 0.6) is 0 Å². The number of nitro groups is 1. The Kier molecular flexibility index (Phi) is 5.16. The van der Waals surface area contributed by atoms with Gasteiger partial charge in [-0.25, -0.2) is 0 Å². The number of para-hydroxylation sites is 2. The molecule has 1 aromatic rings. The van der Waals surface area contributed by atoms with E-state index in [0.29, 0.717) is 31.2 Å². The monoisotopic (exact) mass is 346 g/mol. The Morgan fingerprint density at radius 2 is 2.04 bits per heavy atom. The van der Waals surface area contributed by atoms with E-state index >= 15 is 0 Å². The van der Waals surface area contributed by atoms with E-state index in [2.05, 4.69) is 10.6 Å². The Hall–Kier alpha value is -2.64. The van der Waals surface area contributed by atoms with Gasteiger partial charge < -0.3 is 15.5 Å². The molecule has 2 aliphatic rings. The highest BCUT2D eigenvalue weighted by atomic mass is 16.6. The number of likely N-dealkylation sites (tertiary alicyclic amines) is 1. The highest BCUT2D eigenvalue weighted by Gasteiger charge is 2.36. The summed E-state index contributed by atoms with van der Waals surface area (Å²) in [5.74, 6) is 0.259. The van der Waals surface area contributed by atoms with Gasteiger partial charge in [-0.15, -0.1) is 0 Å². The molecule has 2 fully saturated rings. The molecule has 134 valence electrons. The molecule has 25 heavy (non-hydrogen) atoms. The molecule has 1 aromatic carbocycles. The van der Waals surface area contributed by atoms with E-state index < -0.39 is 4.92 Å². The molecule has 1 saturated heterocycles. The Morgan fingerprint density at radius 1 is 1.28 bits per heavy atom. The maximum Gasteiger partial charge on any atom is 0.292 e. The van der Waals surface area contributed by atoms with E-state index in [1.165, 1.54) is 18.9 Å².